The molecule has 0 aliphatic heterocycles. The summed E-state index contributed by atoms with van der Waals surface area (Å²) >= 11 is 0. The van der Waals surface area contributed by atoms with E-state index >= 15 is 0 Å². The fourth-order valence-electron chi connectivity index (χ4n) is 3.47. The van der Waals surface area contributed by atoms with Crippen molar-refractivity contribution in [1.82, 2.24) is 15.0 Å². The zero-order valence-electron chi connectivity index (χ0n) is 16.3. The number of aromatic amines is 1. The van der Waals surface area contributed by atoms with Gasteiger partial charge in [0.05, 0.1) is 6.54 Å². The van der Waals surface area contributed by atoms with Gasteiger partial charge in [-0.15, -0.1) is 0 Å². The molecule has 0 aliphatic carbocycles. The van der Waals surface area contributed by atoms with Gasteiger partial charge in [-0.25, -0.2) is 4.79 Å². The summed E-state index contributed by atoms with van der Waals surface area (Å²) in [6.07, 6.45) is 4.72. The lowest BCUT2D eigenvalue weighted by Crippen LogP contribution is -2.31. The zero-order chi connectivity index (χ0) is 20.4. The molecule has 3 heterocycles. The van der Waals surface area contributed by atoms with Crippen molar-refractivity contribution in [1.29, 1.82) is 0 Å². The Hall–Kier alpha value is -3.61. The Balaban J connectivity index is 1.51. The average molecular weight is 391 g/mol. The molecule has 0 fully saturated rings. The Morgan fingerprint density at radius 3 is 2.79 bits per heavy atom. The largest absolute Gasteiger partial charge is 0.427 e. The maximum absolute atomic E-state index is 12.7. The van der Waals surface area contributed by atoms with Crippen LogP contribution >= 0.6 is 0 Å². The number of carbonyl (C=O) groups is 1. The van der Waals surface area contributed by atoms with Crippen LogP contribution in [0.3, 0.4) is 0 Å². The topological polar surface area (TPSA) is 92.3 Å². The second-order valence-electron chi connectivity index (χ2n) is 7.07. The number of benzene rings is 1. The highest BCUT2D eigenvalue weighted by Crippen LogP contribution is 2.20. The minimum atomic E-state index is -0.615. The van der Waals surface area contributed by atoms with Gasteiger partial charge in [0.25, 0.3) is 5.91 Å². The highest BCUT2D eigenvalue weighted by Gasteiger charge is 2.21. The van der Waals surface area contributed by atoms with Crippen LogP contribution in [-0.4, -0.2) is 28.0 Å². The average Bonchev–Trinajstić information content (AvgIpc) is 3.35. The first kappa shape index (κ1) is 18.7. The Labute approximate surface area is 166 Å². The number of amides is 1. The molecule has 0 aliphatic rings. The second kappa shape index (κ2) is 7.79. The van der Waals surface area contributed by atoms with Crippen molar-refractivity contribution in [3.63, 3.8) is 0 Å². The molecule has 0 spiro atoms. The highest BCUT2D eigenvalue weighted by molar-refractivity contribution is 5.94. The number of nitrogens with zero attached hydrogens (tertiary/aromatic N) is 2. The van der Waals surface area contributed by atoms with Gasteiger partial charge in [0, 0.05) is 36.6 Å². The number of aryl methyl sites for hydroxylation is 3. The molecule has 7 heteroatoms. The van der Waals surface area contributed by atoms with E-state index in [-0.39, 0.29) is 12.1 Å². The van der Waals surface area contributed by atoms with Gasteiger partial charge in [0.1, 0.15) is 23.3 Å². The number of fused-ring (bicyclic) bond motifs is 1. The van der Waals surface area contributed by atoms with Crippen LogP contribution in [0.2, 0.25) is 0 Å². The maximum atomic E-state index is 12.7. The van der Waals surface area contributed by atoms with Gasteiger partial charge in [-0.2, -0.15) is 0 Å². The lowest BCUT2D eigenvalue weighted by molar-refractivity contribution is 0.0776. The molecule has 0 radical (unpaired) electrons. The number of hydrogen-bond donors (Lipinski definition) is 1. The number of hydrogen-bond acceptors (Lipinski definition) is 5. The first-order chi connectivity index (χ1) is 14.0. The van der Waals surface area contributed by atoms with Crippen LogP contribution in [0.25, 0.3) is 10.9 Å². The molecule has 29 heavy (non-hydrogen) atoms. The first-order valence-corrected chi connectivity index (χ1v) is 9.36. The van der Waals surface area contributed by atoms with Crippen LogP contribution in [0, 0.1) is 6.92 Å². The highest BCUT2D eigenvalue weighted by atomic mass is 16.5. The SMILES string of the molecule is Cc1cc(CCc2c[nH]c3ccccc23)oc(=O)c1C(=O)N(C)Cc1ccon1. The van der Waals surface area contributed by atoms with Crippen LogP contribution in [0.5, 0.6) is 0 Å². The smallest absolute Gasteiger partial charge is 0.349 e. The number of H-pyrrole nitrogens is 1. The molecule has 0 unspecified atom stereocenters. The molecule has 4 rings (SSSR count). The third-order valence-corrected chi connectivity index (χ3v) is 4.97. The fourth-order valence-corrected chi connectivity index (χ4v) is 3.47. The molecule has 148 valence electrons. The Morgan fingerprint density at radius 2 is 2.03 bits per heavy atom. The van der Waals surface area contributed by atoms with E-state index in [1.54, 1.807) is 26.1 Å². The van der Waals surface area contributed by atoms with Crippen molar-refractivity contribution < 1.29 is 13.7 Å². The molecule has 1 N–H and O–H groups in total. The van der Waals surface area contributed by atoms with Gasteiger partial charge in [-0.3, -0.25) is 4.79 Å². The molecule has 0 atom stereocenters. The Kier molecular flexibility index (Phi) is 5.03. The molecule has 1 amide bonds. The molecule has 4 aromatic rings. The van der Waals surface area contributed by atoms with E-state index in [0.29, 0.717) is 23.4 Å². The number of carbonyl (C=O) groups excluding carboxylic acids is 1. The predicted molar refractivity (Wildman–Crippen MR) is 108 cm³/mol. The standard InChI is InChI=1S/C22H21N3O4/c1-14-11-17(8-7-15-12-23-19-6-4-3-5-18(15)19)29-22(27)20(14)21(26)25(2)13-16-9-10-28-24-16/h3-6,9-12,23H,7-8,13H2,1-2H3. The van der Waals surface area contributed by atoms with Gasteiger partial charge in [-0.05, 0) is 36.6 Å². The molecule has 3 aromatic heterocycles. The number of rotatable bonds is 6. The third-order valence-electron chi connectivity index (χ3n) is 4.97. The van der Waals surface area contributed by atoms with E-state index in [1.165, 1.54) is 11.2 Å². The van der Waals surface area contributed by atoms with Crippen LogP contribution in [0.15, 0.2) is 62.6 Å². The van der Waals surface area contributed by atoms with Crippen LogP contribution in [0.4, 0.5) is 0 Å². The summed E-state index contributed by atoms with van der Waals surface area (Å²) in [6, 6.07) is 11.5. The fraction of sp³-hybridized carbons (Fsp3) is 0.227. The quantitative estimate of drug-likeness (QED) is 0.543. The van der Waals surface area contributed by atoms with Crippen molar-refractivity contribution in [2.24, 2.45) is 0 Å². The molecule has 0 bridgehead atoms. The molecule has 1 aromatic carbocycles. The third kappa shape index (κ3) is 3.85. The molecule has 0 saturated carbocycles. The molecular formula is C22H21N3O4. The van der Waals surface area contributed by atoms with E-state index in [2.05, 4.69) is 16.2 Å². The van der Waals surface area contributed by atoms with E-state index in [1.807, 2.05) is 24.4 Å². The molecular weight excluding hydrogens is 370 g/mol. The van der Waals surface area contributed by atoms with Crippen molar-refractivity contribution in [2.45, 2.75) is 26.3 Å². The van der Waals surface area contributed by atoms with Crippen molar-refractivity contribution in [3.8, 4) is 0 Å². The number of para-hydroxylation sites is 1. The van der Waals surface area contributed by atoms with Gasteiger partial charge in [0.2, 0.25) is 0 Å². The lowest BCUT2D eigenvalue weighted by Gasteiger charge is -2.16. The van der Waals surface area contributed by atoms with Crippen LogP contribution in [-0.2, 0) is 19.4 Å². The number of nitrogens with one attached hydrogen (secondary N) is 1. The zero-order valence-corrected chi connectivity index (χ0v) is 16.3. The molecule has 0 saturated heterocycles. The Morgan fingerprint density at radius 1 is 1.21 bits per heavy atom. The summed E-state index contributed by atoms with van der Waals surface area (Å²) in [6.45, 7) is 2.00. The summed E-state index contributed by atoms with van der Waals surface area (Å²) in [7, 11) is 1.61. The van der Waals surface area contributed by atoms with Crippen molar-refractivity contribution in [2.75, 3.05) is 7.05 Å². The second-order valence-corrected chi connectivity index (χ2v) is 7.07. The van der Waals surface area contributed by atoms with E-state index in [0.717, 1.165) is 22.9 Å². The number of aromatic nitrogens is 2. The van der Waals surface area contributed by atoms with Crippen molar-refractivity contribution in [3.05, 3.63) is 87.4 Å². The molecule has 7 nitrogen and oxygen atoms in total. The summed E-state index contributed by atoms with van der Waals surface area (Å²) in [5.41, 5.74) is 2.89. The van der Waals surface area contributed by atoms with Gasteiger partial charge >= 0.3 is 5.63 Å². The Bertz CT molecular complexity index is 1200. The van der Waals surface area contributed by atoms with E-state index in [4.69, 9.17) is 8.94 Å². The van der Waals surface area contributed by atoms with Crippen molar-refractivity contribution >= 4 is 16.8 Å². The normalized spacial score (nSPS) is 11.1. The minimum absolute atomic E-state index is 0.0480. The first-order valence-electron chi connectivity index (χ1n) is 9.36. The summed E-state index contributed by atoms with van der Waals surface area (Å²) in [5, 5.41) is 4.95. The summed E-state index contributed by atoms with van der Waals surface area (Å²) in [5.74, 6) is 0.163. The predicted octanol–water partition coefficient (Wildman–Crippen LogP) is 3.47. The van der Waals surface area contributed by atoms with Gasteiger partial charge in [0.15, 0.2) is 0 Å². The van der Waals surface area contributed by atoms with Gasteiger partial charge in [-0.1, -0.05) is 23.4 Å². The van der Waals surface area contributed by atoms with Crippen LogP contribution in [0.1, 0.15) is 32.9 Å². The van der Waals surface area contributed by atoms with E-state index < -0.39 is 11.5 Å². The van der Waals surface area contributed by atoms with Crippen LogP contribution < -0.4 is 5.63 Å². The van der Waals surface area contributed by atoms with E-state index in [9.17, 15) is 9.59 Å². The summed E-state index contributed by atoms with van der Waals surface area (Å²) < 4.78 is 10.2. The van der Waals surface area contributed by atoms with Gasteiger partial charge < -0.3 is 18.8 Å². The summed E-state index contributed by atoms with van der Waals surface area (Å²) in [4.78, 5) is 29.9. The monoisotopic (exact) mass is 391 g/mol. The maximum Gasteiger partial charge on any atom is 0.349 e. The minimum Gasteiger partial charge on any atom is -0.427 e. The lowest BCUT2D eigenvalue weighted by atomic mass is 10.1.